The molecule has 3 aromatic rings. The van der Waals surface area contributed by atoms with Crippen molar-refractivity contribution in [1.29, 1.82) is 0 Å². The van der Waals surface area contributed by atoms with Crippen molar-refractivity contribution in [3.05, 3.63) is 102 Å². The number of carbonyl (C=O) groups excluding carboxylic acids is 2. The van der Waals surface area contributed by atoms with Crippen LogP contribution in [0.1, 0.15) is 21.5 Å². The molecule has 0 aliphatic rings. The van der Waals surface area contributed by atoms with E-state index in [1.165, 1.54) is 6.08 Å². The largest absolute Gasteiger partial charge is 0.352 e. The molecule has 0 spiro atoms. The summed E-state index contributed by atoms with van der Waals surface area (Å²) in [7, 11) is 0. The number of anilines is 1. The van der Waals surface area contributed by atoms with E-state index in [-0.39, 0.29) is 11.8 Å². The summed E-state index contributed by atoms with van der Waals surface area (Å²) in [6.45, 7) is 0.549. The Morgan fingerprint density at radius 3 is 2.43 bits per heavy atom. The molecule has 140 valence electrons. The molecule has 2 amide bonds. The van der Waals surface area contributed by atoms with Crippen LogP contribution in [-0.2, 0) is 11.2 Å². The van der Waals surface area contributed by atoms with Crippen LogP contribution in [0.15, 0.2) is 85.2 Å². The van der Waals surface area contributed by atoms with Gasteiger partial charge in [0.15, 0.2) is 0 Å². The summed E-state index contributed by atoms with van der Waals surface area (Å²) in [4.78, 5) is 28.2. The maximum atomic E-state index is 12.2. The second-order valence-corrected chi connectivity index (χ2v) is 6.18. The summed E-state index contributed by atoms with van der Waals surface area (Å²) in [6.07, 6.45) is 7.46. The standard InChI is InChI=1S/C23H21N3O2/c27-22(25-16-14-19-5-4-15-24-17-19)13-10-18-8-11-20(12-9-18)23(28)26-21-6-2-1-3-7-21/h1-13,15,17H,14,16H2,(H,25,27)(H,26,28). The van der Waals surface area contributed by atoms with Crippen LogP contribution in [0.5, 0.6) is 0 Å². The lowest BCUT2D eigenvalue weighted by Gasteiger charge is -2.05. The zero-order chi connectivity index (χ0) is 19.6. The van der Waals surface area contributed by atoms with Gasteiger partial charge in [0.25, 0.3) is 5.91 Å². The summed E-state index contributed by atoms with van der Waals surface area (Å²) in [5, 5.41) is 5.68. The van der Waals surface area contributed by atoms with E-state index in [9.17, 15) is 9.59 Å². The van der Waals surface area contributed by atoms with Gasteiger partial charge in [-0.1, -0.05) is 36.4 Å². The summed E-state index contributed by atoms with van der Waals surface area (Å²) in [5.74, 6) is -0.329. The molecule has 0 radical (unpaired) electrons. The average Bonchev–Trinajstić information content (AvgIpc) is 2.74. The quantitative estimate of drug-likeness (QED) is 0.622. The van der Waals surface area contributed by atoms with Gasteiger partial charge in [-0.15, -0.1) is 0 Å². The second kappa shape index (κ2) is 9.83. The molecule has 0 saturated heterocycles. The molecular weight excluding hydrogens is 350 g/mol. The summed E-state index contributed by atoms with van der Waals surface area (Å²) < 4.78 is 0. The molecule has 5 nitrogen and oxygen atoms in total. The minimum Gasteiger partial charge on any atom is -0.352 e. The number of hydrogen-bond donors (Lipinski definition) is 2. The van der Waals surface area contributed by atoms with Crippen molar-refractivity contribution in [2.75, 3.05) is 11.9 Å². The van der Waals surface area contributed by atoms with Gasteiger partial charge < -0.3 is 10.6 Å². The first-order chi connectivity index (χ1) is 13.7. The Bertz CT molecular complexity index is 937. The van der Waals surface area contributed by atoms with Crippen LogP contribution in [0, 0.1) is 0 Å². The number of pyridine rings is 1. The molecule has 1 aromatic heterocycles. The number of para-hydroxylation sites is 1. The molecule has 0 fully saturated rings. The smallest absolute Gasteiger partial charge is 0.255 e. The van der Waals surface area contributed by atoms with E-state index in [1.807, 2.05) is 42.5 Å². The van der Waals surface area contributed by atoms with Crippen molar-refractivity contribution >= 4 is 23.6 Å². The number of hydrogen-bond acceptors (Lipinski definition) is 3. The number of benzene rings is 2. The number of nitrogens with zero attached hydrogens (tertiary/aromatic N) is 1. The van der Waals surface area contributed by atoms with E-state index in [0.29, 0.717) is 12.1 Å². The third-order valence-electron chi connectivity index (χ3n) is 4.07. The van der Waals surface area contributed by atoms with Gasteiger partial charge in [-0.25, -0.2) is 0 Å². The van der Waals surface area contributed by atoms with E-state index in [4.69, 9.17) is 0 Å². The van der Waals surface area contributed by atoms with Crippen LogP contribution in [0.3, 0.4) is 0 Å². The molecule has 2 aromatic carbocycles. The van der Waals surface area contributed by atoms with E-state index < -0.39 is 0 Å². The van der Waals surface area contributed by atoms with Gasteiger partial charge >= 0.3 is 0 Å². The first kappa shape index (κ1) is 19.0. The van der Waals surface area contributed by atoms with Gasteiger partial charge in [-0.2, -0.15) is 0 Å². The molecular formula is C23H21N3O2. The zero-order valence-corrected chi connectivity index (χ0v) is 15.3. The summed E-state index contributed by atoms with van der Waals surface area (Å²) in [5.41, 5.74) is 3.23. The second-order valence-electron chi connectivity index (χ2n) is 6.18. The Morgan fingerprint density at radius 1 is 0.929 bits per heavy atom. The van der Waals surface area contributed by atoms with E-state index in [0.717, 1.165) is 23.2 Å². The molecule has 2 N–H and O–H groups in total. The van der Waals surface area contributed by atoms with Crippen molar-refractivity contribution in [1.82, 2.24) is 10.3 Å². The highest BCUT2D eigenvalue weighted by Gasteiger charge is 2.05. The fourth-order valence-electron chi connectivity index (χ4n) is 2.58. The van der Waals surface area contributed by atoms with Crippen LogP contribution in [-0.4, -0.2) is 23.3 Å². The van der Waals surface area contributed by atoms with E-state index in [2.05, 4.69) is 15.6 Å². The maximum Gasteiger partial charge on any atom is 0.255 e. The topological polar surface area (TPSA) is 71.1 Å². The minimum absolute atomic E-state index is 0.158. The van der Waals surface area contributed by atoms with Crippen LogP contribution in [0.25, 0.3) is 6.08 Å². The predicted molar refractivity (Wildman–Crippen MR) is 111 cm³/mol. The normalized spacial score (nSPS) is 10.6. The summed E-state index contributed by atoms with van der Waals surface area (Å²) >= 11 is 0. The van der Waals surface area contributed by atoms with Crippen LogP contribution in [0.2, 0.25) is 0 Å². The molecule has 0 saturated carbocycles. The molecule has 28 heavy (non-hydrogen) atoms. The van der Waals surface area contributed by atoms with Crippen molar-refractivity contribution < 1.29 is 9.59 Å². The fraction of sp³-hybridized carbons (Fsp3) is 0.0870. The Morgan fingerprint density at radius 2 is 1.71 bits per heavy atom. The van der Waals surface area contributed by atoms with Gasteiger partial charge in [0, 0.05) is 36.3 Å². The highest BCUT2D eigenvalue weighted by atomic mass is 16.2. The highest BCUT2D eigenvalue weighted by Crippen LogP contribution is 2.10. The van der Waals surface area contributed by atoms with Crippen molar-refractivity contribution in [2.24, 2.45) is 0 Å². The van der Waals surface area contributed by atoms with Gasteiger partial charge in [0.1, 0.15) is 0 Å². The molecule has 3 rings (SSSR count). The average molecular weight is 371 g/mol. The van der Waals surface area contributed by atoms with Crippen LogP contribution >= 0.6 is 0 Å². The van der Waals surface area contributed by atoms with Gasteiger partial charge in [-0.05, 0) is 54.0 Å². The third kappa shape index (κ3) is 5.92. The van der Waals surface area contributed by atoms with Crippen molar-refractivity contribution in [2.45, 2.75) is 6.42 Å². The predicted octanol–water partition coefficient (Wildman–Crippen LogP) is 3.71. The first-order valence-electron chi connectivity index (χ1n) is 9.02. The van der Waals surface area contributed by atoms with Crippen molar-refractivity contribution in [3.8, 4) is 0 Å². The first-order valence-corrected chi connectivity index (χ1v) is 9.02. The van der Waals surface area contributed by atoms with E-state index in [1.54, 1.807) is 42.7 Å². The molecule has 5 heteroatoms. The monoisotopic (exact) mass is 371 g/mol. The molecule has 0 atom stereocenters. The Labute approximate surface area is 164 Å². The number of carbonyl (C=O) groups is 2. The Kier molecular flexibility index (Phi) is 6.68. The lowest BCUT2D eigenvalue weighted by atomic mass is 10.1. The SMILES string of the molecule is O=C(C=Cc1ccc(C(=O)Nc2ccccc2)cc1)NCCc1cccnc1. The lowest BCUT2D eigenvalue weighted by Crippen LogP contribution is -2.23. The number of amides is 2. The fourth-order valence-corrected chi connectivity index (χ4v) is 2.58. The minimum atomic E-state index is -0.171. The van der Waals surface area contributed by atoms with Crippen LogP contribution < -0.4 is 10.6 Å². The van der Waals surface area contributed by atoms with Crippen molar-refractivity contribution in [3.63, 3.8) is 0 Å². The molecule has 1 heterocycles. The van der Waals surface area contributed by atoms with Crippen LogP contribution in [0.4, 0.5) is 5.69 Å². The molecule has 0 bridgehead atoms. The molecule has 0 aliphatic heterocycles. The molecule has 0 aliphatic carbocycles. The van der Waals surface area contributed by atoms with Gasteiger partial charge in [0.2, 0.25) is 5.91 Å². The number of aromatic nitrogens is 1. The number of rotatable bonds is 7. The van der Waals surface area contributed by atoms with Gasteiger partial charge in [0.05, 0.1) is 0 Å². The molecule has 0 unspecified atom stereocenters. The van der Waals surface area contributed by atoms with E-state index >= 15 is 0 Å². The maximum absolute atomic E-state index is 12.2. The lowest BCUT2D eigenvalue weighted by molar-refractivity contribution is -0.116. The Balaban J connectivity index is 1.47. The van der Waals surface area contributed by atoms with Gasteiger partial charge in [-0.3, -0.25) is 14.6 Å². The Hall–Kier alpha value is -3.73. The highest BCUT2D eigenvalue weighted by molar-refractivity contribution is 6.04. The third-order valence-corrected chi connectivity index (χ3v) is 4.07. The zero-order valence-electron chi connectivity index (χ0n) is 15.3. The summed E-state index contributed by atoms with van der Waals surface area (Å²) in [6, 6.07) is 20.2. The number of nitrogens with one attached hydrogen (secondary N) is 2.